The van der Waals surface area contributed by atoms with E-state index in [1.807, 2.05) is 12.4 Å². The van der Waals surface area contributed by atoms with Crippen molar-refractivity contribution in [2.24, 2.45) is 11.3 Å². The number of nitrogens with one attached hydrogen (secondary N) is 2. The van der Waals surface area contributed by atoms with Gasteiger partial charge < -0.3 is 15.0 Å². The van der Waals surface area contributed by atoms with Gasteiger partial charge in [0.25, 0.3) is 0 Å². The number of hydrogen-bond donors (Lipinski definition) is 2. The van der Waals surface area contributed by atoms with Crippen LogP contribution in [0.4, 0.5) is 0 Å². The minimum atomic E-state index is 0.189. The normalized spacial score (nSPS) is 26.5. The second-order valence-electron chi connectivity index (χ2n) is 6.93. The van der Waals surface area contributed by atoms with E-state index < -0.39 is 0 Å². The van der Waals surface area contributed by atoms with Gasteiger partial charge in [-0.25, -0.2) is 4.98 Å². The molecule has 1 aromatic rings. The van der Waals surface area contributed by atoms with Crippen LogP contribution in [-0.4, -0.2) is 28.7 Å². The lowest BCUT2D eigenvalue weighted by Crippen LogP contribution is -2.61. The quantitative estimate of drug-likeness (QED) is 0.805. The summed E-state index contributed by atoms with van der Waals surface area (Å²) in [5, 5.41) is 3.74. The molecular formula is C16H29N3O. The molecule has 3 unspecified atom stereocenters. The molecule has 0 bridgehead atoms. The standard InChI is InChI=1S/C16H29N3O/c1-6-12(15-17-7-8-18-15)19-13-9-14(16(13,4)5)20-10-11(2)3/h7-8,11-14,19H,6,9-10H2,1-5H3,(H,17,18). The zero-order valence-corrected chi connectivity index (χ0v) is 13.4. The third-order valence-corrected chi connectivity index (χ3v) is 4.47. The van der Waals surface area contributed by atoms with Gasteiger partial charge in [0.1, 0.15) is 5.82 Å². The Morgan fingerprint density at radius 3 is 2.75 bits per heavy atom. The second-order valence-corrected chi connectivity index (χ2v) is 6.93. The Hall–Kier alpha value is -0.870. The maximum atomic E-state index is 6.03. The van der Waals surface area contributed by atoms with Gasteiger partial charge in [0, 0.05) is 30.5 Å². The molecule has 1 saturated carbocycles. The summed E-state index contributed by atoms with van der Waals surface area (Å²) in [4.78, 5) is 7.59. The average Bonchev–Trinajstić information content (AvgIpc) is 2.90. The van der Waals surface area contributed by atoms with Crippen LogP contribution < -0.4 is 5.32 Å². The van der Waals surface area contributed by atoms with E-state index in [4.69, 9.17) is 4.74 Å². The fourth-order valence-corrected chi connectivity index (χ4v) is 2.86. The molecule has 1 aromatic heterocycles. The van der Waals surface area contributed by atoms with Gasteiger partial charge >= 0.3 is 0 Å². The van der Waals surface area contributed by atoms with Gasteiger partial charge in [0.15, 0.2) is 0 Å². The first-order chi connectivity index (χ1) is 9.45. The number of ether oxygens (including phenoxy) is 1. The average molecular weight is 279 g/mol. The number of H-pyrrole nitrogens is 1. The smallest absolute Gasteiger partial charge is 0.123 e. The molecule has 114 valence electrons. The molecule has 0 aromatic carbocycles. The molecule has 1 aliphatic rings. The molecule has 20 heavy (non-hydrogen) atoms. The summed E-state index contributed by atoms with van der Waals surface area (Å²) in [7, 11) is 0. The number of aromatic amines is 1. The summed E-state index contributed by atoms with van der Waals surface area (Å²) in [6.45, 7) is 12.0. The van der Waals surface area contributed by atoms with Crippen molar-refractivity contribution in [3.63, 3.8) is 0 Å². The minimum absolute atomic E-state index is 0.189. The molecule has 0 radical (unpaired) electrons. The van der Waals surface area contributed by atoms with Crippen molar-refractivity contribution in [3.8, 4) is 0 Å². The lowest BCUT2D eigenvalue weighted by atomic mass is 9.64. The van der Waals surface area contributed by atoms with Gasteiger partial charge in [-0.15, -0.1) is 0 Å². The van der Waals surface area contributed by atoms with E-state index in [2.05, 4.69) is 49.9 Å². The van der Waals surface area contributed by atoms with Crippen LogP contribution in [0.5, 0.6) is 0 Å². The molecular weight excluding hydrogens is 250 g/mol. The highest BCUT2D eigenvalue weighted by Gasteiger charge is 2.49. The van der Waals surface area contributed by atoms with Crippen LogP contribution in [0.3, 0.4) is 0 Å². The molecule has 0 spiro atoms. The highest BCUT2D eigenvalue weighted by atomic mass is 16.5. The molecule has 0 aliphatic heterocycles. The zero-order valence-electron chi connectivity index (χ0n) is 13.4. The number of nitrogens with zero attached hydrogens (tertiary/aromatic N) is 1. The first-order valence-electron chi connectivity index (χ1n) is 7.82. The maximum absolute atomic E-state index is 6.03. The molecule has 4 heteroatoms. The Morgan fingerprint density at radius 2 is 2.25 bits per heavy atom. The predicted octanol–water partition coefficient (Wildman–Crippen LogP) is 3.29. The monoisotopic (exact) mass is 279 g/mol. The van der Waals surface area contributed by atoms with E-state index in [1.165, 1.54) is 0 Å². The van der Waals surface area contributed by atoms with Crippen molar-refractivity contribution in [2.45, 2.75) is 65.6 Å². The highest BCUT2D eigenvalue weighted by molar-refractivity contribution is 5.06. The molecule has 2 N–H and O–H groups in total. The topological polar surface area (TPSA) is 49.9 Å². The lowest BCUT2D eigenvalue weighted by Gasteiger charge is -2.53. The molecule has 0 saturated heterocycles. The van der Waals surface area contributed by atoms with Crippen molar-refractivity contribution >= 4 is 0 Å². The molecule has 0 amide bonds. The van der Waals surface area contributed by atoms with Crippen molar-refractivity contribution in [1.29, 1.82) is 0 Å². The van der Waals surface area contributed by atoms with Crippen LogP contribution in [0.25, 0.3) is 0 Å². The van der Waals surface area contributed by atoms with Gasteiger partial charge in [0.05, 0.1) is 12.1 Å². The van der Waals surface area contributed by atoms with Crippen molar-refractivity contribution in [3.05, 3.63) is 18.2 Å². The summed E-state index contributed by atoms with van der Waals surface area (Å²) in [5.74, 6) is 1.64. The van der Waals surface area contributed by atoms with Crippen LogP contribution in [-0.2, 0) is 4.74 Å². The number of rotatable bonds is 7. The van der Waals surface area contributed by atoms with Gasteiger partial charge in [-0.3, -0.25) is 0 Å². The summed E-state index contributed by atoms with van der Waals surface area (Å²) >= 11 is 0. The van der Waals surface area contributed by atoms with Gasteiger partial charge in [0.2, 0.25) is 0 Å². The Bertz CT molecular complexity index is 400. The van der Waals surface area contributed by atoms with Gasteiger partial charge in [-0.1, -0.05) is 34.6 Å². The predicted molar refractivity (Wildman–Crippen MR) is 81.5 cm³/mol. The SMILES string of the molecule is CCC(NC1CC(OCC(C)C)C1(C)C)c1ncc[nH]1. The molecule has 2 rings (SSSR count). The number of hydrogen-bond acceptors (Lipinski definition) is 3. The minimum Gasteiger partial charge on any atom is -0.377 e. The molecule has 3 atom stereocenters. The van der Waals surface area contributed by atoms with E-state index in [1.54, 1.807) is 0 Å². The Balaban J connectivity index is 1.88. The van der Waals surface area contributed by atoms with Crippen LogP contribution in [0.15, 0.2) is 12.4 Å². The first-order valence-corrected chi connectivity index (χ1v) is 7.82. The second kappa shape index (κ2) is 6.27. The Kier molecular flexibility index (Phi) is 4.86. The summed E-state index contributed by atoms with van der Waals surface area (Å²) < 4.78 is 6.03. The third-order valence-electron chi connectivity index (χ3n) is 4.47. The summed E-state index contributed by atoms with van der Waals surface area (Å²) in [5.41, 5.74) is 0.189. The molecule has 1 heterocycles. The highest BCUT2D eigenvalue weighted by Crippen LogP contribution is 2.44. The van der Waals surface area contributed by atoms with Gasteiger partial charge in [-0.2, -0.15) is 0 Å². The number of imidazole rings is 1. The van der Waals surface area contributed by atoms with Crippen molar-refractivity contribution in [1.82, 2.24) is 15.3 Å². The van der Waals surface area contributed by atoms with Crippen molar-refractivity contribution in [2.75, 3.05) is 6.61 Å². The van der Waals surface area contributed by atoms with Gasteiger partial charge in [-0.05, 0) is 18.8 Å². The zero-order chi connectivity index (χ0) is 14.8. The van der Waals surface area contributed by atoms with E-state index in [-0.39, 0.29) is 5.41 Å². The third kappa shape index (κ3) is 3.23. The largest absolute Gasteiger partial charge is 0.377 e. The fourth-order valence-electron chi connectivity index (χ4n) is 2.86. The molecule has 1 aliphatic carbocycles. The Labute approximate surface area is 122 Å². The van der Waals surface area contributed by atoms with E-state index in [9.17, 15) is 0 Å². The number of aromatic nitrogens is 2. The van der Waals surface area contributed by atoms with Crippen LogP contribution in [0, 0.1) is 11.3 Å². The summed E-state index contributed by atoms with van der Waals surface area (Å²) in [6, 6.07) is 0.801. The Morgan fingerprint density at radius 1 is 1.50 bits per heavy atom. The molecule has 1 fully saturated rings. The molecule has 4 nitrogen and oxygen atoms in total. The first kappa shape index (κ1) is 15.5. The van der Waals surface area contributed by atoms with Crippen molar-refractivity contribution < 1.29 is 4.74 Å². The maximum Gasteiger partial charge on any atom is 0.123 e. The fraction of sp³-hybridized carbons (Fsp3) is 0.812. The van der Waals surface area contributed by atoms with Crippen LogP contribution in [0.2, 0.25) is 0 Å². The van der Waals surface area contributed by atoms with E-state index >= 15 is 0 Å². The van der Waals surface area contributed by atoms with Crippen LogP contribution in [0.1, 0.15) is 59.3 Å². The van der Waals surface area contributed by atoms with E-state index in [0.717, 1.165) is 25.3 Å². The van der Waals surface area contributed by atoms with E-state index in [0.29, 0.717) is 24.1 Å². The lowest BCUT2D eigenvalue weighted by molar-refractivity contribution is -0.126. The van der Waals surface area contributed by atoms with Crippen LogP contribution >= 0.6 is 0 Å². The summed E-state index contributed by atoms with van der Waals surface area (Å²) in [6.07, 6.45) is 6.21.